The van der Waals surface area contributed by atoms with E-state index in [1.165, 1.54) is 22.4 Å². The number of nitrogens with two attached hydrogens (primary N) is 1. The smallest absolute Gasteiger partial charge is 0.265 e. The number of carbonyl (C=O) groups is 1. The minimum absolute atomic E-state index is 0.0538. The van der Waals surface area contributed by atoms with Crippen LogP contribution in [0.3, 0.4) is 0 Å². The molecule has 7 nitrogen and oxygen atoms in total. The van der Waals surface area contributed by atoms with Crippen molar-refractivity contribution < 1.29 is 13.2 Å². The van der Waals surface area contributed by atoms with Gasteiger partial charge in [-0.25, -0.2) is 13.1 Å². The molecule has 1 aromatic rings. The number of amides is 1. The number of aromatic nitrogens is 1. The van der Waals surface area contributed by atoms with Crippen LogP contribution in [0.1, 0.15) is 23.3 Å². The molecule has 0 atom stereocenters. The van der Waals surface area contributed by atoms with Crippen molar-refractivity contribution in [1.82, 2.24) is 14.6 Å². The van der Waals surface area contributed by atoms with E-state index in [4.69, 9.17) is 5.73 Å². The molecule has 0 saturated heterocycles. The fourth-order valence-corrected chi connectivity index (χ4v) is 3.35. The maximum Gasteiger partial charge on any atom is 0.265 e. The van der Waals surface area contributed by atoms with Gasteiger partial charge in [0.05, 0.1) is 0 Å². The van der Waals surface area contributed by atoms with Crippen LogP contribution in [0.25, 0.3) is 0 Å². The van der Waals surface area contributed by atoms with E-state index in [-0.39, 0.29) is 10.6 Å². The number of nitrogens with one attached hydrogen (secondary N) is 2. The summed E-state index contributed by atoms with van der Waals surface area (Å²) in [5, 5.41) is 3.21. The van der Waals surface area contributed by atoms with Gasteiger partial charge in [0.15, 0.2) is 0 Å². The van der Waals surface area contributed by atoms with Crippen molar-refractivity contribution in [2.45, 2.75) is 17.7 Å². The normalized spacial score (nSPS) is 15.8. The zero-order chi connectivity index (χ0) is 15.5. The van der Waals surface area contributed by atoms with Gasteiger partial charge >= 0.3 is 0 Å². The first-order valence-corrected chi connectivity index (χ1v) is 8.23. The second-order valence-electron chi connectivity index (χ2n) is 5.00. The van der Waals surface area contributed by atoms with Crippen molar-refractivity contribution in [2.75, 3.05) is 19.6 Å². The maximum atomic E-state index is 12.2. The molecule has 2 heterocycles. The van der Waals surface area contributed by atoms with Gasteiger partial charge in [-0.3, -0.25) is 4.79 Å². The highest BCUT2D eigenvalue weighted by Gasteiger charge is 2.19. The number of nitrogens with zero attached hydrogens (tertiary/aromatic N) is 1. The molecule has 1 aliphatic heterocycles. The third-order valence-electron chi connectivity index (χ3n) is 3.44. The number of hydrogen-bond acceptors (Lipinski definition) is 4. The number of aryl methyl sites for hydroxylation is 1. The van der Waals surface area contributed by atoms with E-state index >= 15 is 0 Å². The molecular formula is C13H20N4O3S. The summed E-state index contributed by atoms with van der Waals surface area (Å²) in [7, 11) is -2.04. The summed E-state index contributed by atoms with van der Waals surface area (Å²) in [4.78, 5) is 11.2. The van der Waals surface area contributed by atoms with E-state index < -0.39 is 15.9 Å². The summed E-state index contributed by atoms with van der Waals surface area (Å²) >= 11 is 0. The lowest BCUT2D eigenvalue weighted by atomic mass is 10.1. The number of primary amides is 1. The molecule has 0 aromatic carbocycles. The second kappa shape index (κ2) is 6.42. The Balaban J connectivity index is 1.99. The summed E-state index contributed by atoms with van der Waals surface area (Å²) in [6, 6.07) is 1.29. The molecule has 116 valence electrons. The second-order valence-corrected chi connectivity index (χ2v) is 6.77. The predicted octanol–water partition coefficient (Wildman–Crippen LogP) is -0.288. The van der Waals surface area contributed by atoms with E-state index in [9.17, 15) is 13.2 Å². The van der Waals surface area contributed by atoms with Crippen LogP contribution in [0.5, 0.6) is 0 Å². The van der Waals surface area contributed by atoms with E-state index in [0.717, 1.165) is 19.5 Å². The van der Waals surface area contributed by atoms with E-state index in [1.807, 2.05) is 0 Å². The Labute approximate surface area is 124 Å². The summed E-state index contributed by atoms with van der Waals surface area (Å²) in [5.41, 5.74) is 6.60. The zero-order valence-corrected chi connectivity index (χ0v) is 12.7. The van der Waals surface area contributed by atoms with Gasteiger partial charge in [-0.1, -0.05) is 11.6 Å². The van der Waals surface area contributed by atoms with Gasteiger partial charge in [0, 0.05) is 26.3 Å². The van der Waals surface area contributed by atoms with Crippen LogP contribution in [0.2, 0.25) is 0 Å². The van der Waals surface area contributed by atoms with E-state index in [0.29, 0.717) is 13.0 Å². The molecule has 0 fully saturated rings. The topological polar surface area (TPSA) is 106 Å². The third kappa shape index (κ3) is 3.93. The van der Waals surface area contributed by atoms with Crippen LogP contribution >= 0.6 is 0 Å². The highest BCUT2D eigenvalue weighted by atomic mass is 32.2. The largest absolute Gasteiger partial charge is 0.364 e. The number of rotatable bonds is 6. The van der Waals surface area contributed by atoms with Crippen molar-refractivity contribution in [3.05, 3.63) is 29.6 Å². The first-order valence-electron chi connectivity index (χ1n) is 6.74. The Kier molecular flexibility index (Phi) is 4.81. The maximum absolute atomic E-state index is 12.2. The van der Waals surface area contributed by atoms with Crippen molar-refractivity contribution >= 4 is 15.9 Å². The van der Waals surface area contributed by atoms with Gasteiger partial charge in [0.2, 0.25) is 10.0 Å². The lowest BCUT2D eigenvalue weighted by molar-refractivity contribution is 0.0992. The standard InChI is InChI=1S/C13H20N4O3S/c1-17-9-11(8-12(17)13(14)18)21(19,20)16-7-4-10-2-5-15-6-3-10/h2,8-9,15-16H,3-7H2,1H3,(H2,14,18). The Morgan fingerprint density at radius 2 is 2.29 bits per heavy atom. The highest BCUT2D eigenvalue weighted by Crippen LogP contribution is 2.14. The zero-order valence-electron chi connectivity index (χ0n) is 11.9. The molecule has 0 aliphatic carbocycles. The average molecular weight is 312 g/mol. The average Bonchev–Trinajstić information content (AvgIpc) is 2.83. The third-order valence-corrected chi connectivity index (χ3v) is 4.87. The predicted molar refractivity (Wildman–Crippen MR) is 79.3 cm³/mol. The number of hydrogen-bond donors (Lipinski definition) is 3. The lowest BCUT2D eigenvalue weighted by Crippen LogP contribution is -2.26. The van der Waals surface area contributed by atoms with Crippen molar-refractivity contribution in [1.29, 1.82) is 0 Å². The van der Waals surface area contributed by atoms with Crippen LogP contribution in [0.4, 0.5) is 0 Å². The fourth-order valence-electron chi connectivity index (χ4n) is 2.25. The molecule has 4 N–H and O–H groups in total. The Bertz CT molecular complexity index is 661. The molecule has 0 spiro atoms. The molecule has 8 heteroatoms. The summed E-state index contributed by atoms with van der Waals surface area (Å²) in [6.45, 7) is 2.11. The van der Waals surface area contributed by atoms with Crippen LogP contribution in [0.15, 0.2) is 28.8 Å². The van der Waals surface area contributed by atoms with Gasteiger partial charge in [0.25, 0.3) is 5.91 Å². The number of carbonyl (C=O) groups excluding carboxylic acids is 1. The summed E-state index contributed by atoms with van der Waals surface area (Å²) in [5.74, 6) is -0.654. The van der Waals surface area contributed by atoms with Crippen molar-refractivity contribution in [3.8, 4) is 0 Å². The minimum Gasteiger partial charge on any atom is -0.364 e. The van der Waals surface area contributed by atoms with Crippen LogP contribution < -0.4 is 15.8 Å². The molecule has 1 aromatic heterocycles. The summed E-state index contributed by atoms with van der Waals surface area (Å²) < 4.78 is 28.3. The van der Waals surface area contributed by atoms with Crippen LogP contribution in [0, 0.1) is 0 Å². The molecule has 0 unspecified atom stereocenters. The Hall–Kier alpha value is -1.64. The number of sulfonamides is 1. The van der Waals surface area contributed by atoms with E-state index in [1.54, 1.807) is 7.05 Å². The van der Waals surface area contributed by atoms with E-state index in [2.05, 4.69) is 16.1 Å². The SMILES string of the molecule is Cn1cc(S(=O)(=O)NCCC2=CCNCC2)cc1C(N)=O. The molecule has 0 bridgehead atoms. The van der Waals surface area contributed by atoms with Crippen molar-refractivity contribution in [3.63, 3.8) is 0 Å². The lowest BCUT2D eigenvalue weighted by Gasteiger charge is -2.14. The van der Waals surface area contributed by atoms with Crippen LogP contribution in [-0.2, 0) is 17.1 Å². The van der Waals surface area contributed by atoms with Gasteiger partial charge in [-0.05, 0) is 25.5 Å². The first kappa shape index (κ1) is 15.7. The quantitative estimate of drug-likeness (QED) is 0.628. The molecule has 1 amide bonds. The minimum atomic E-state index is -3.62. The Morgan fingerprint density at radius 1 is 1.52 bits per heavy atom. The first-order chi connectivity index (χ1) is 9.90. The van der Waals surface area contributed by atoms with Gasteiger partial charge in [-0.2, -0.15) is 0 Å². The molecule has 2 rings (SSSR count). The monoisotopic (exact) mass is 312 g/mol. The van der Waals surface area contributed by atoms with Crippen LogP contribution in [-0.4, -0.2) is 38.5 Å². The summed E-state index contributed by atoms with van der Waals surface area (Å²) in [6.07, 6.45) is 5.10. The van der Waals surface area contributed by atoms with Crippen molar-refractivity contribution in [2.24, 2.45) is 12.8 Å². The molecule has 0 radical (unpaired) electrons. The molecule has 0 saturated carbocycles. The highest BCUT2D eigenvalue weighted by molar-refractivity contribution is 7.89. The van der Waals surface area contributed by atoms with Gasteiger partial charge in [-0.15, -0.1) is 0 Å². The van der Waals surface area contributed by atoms with Gasteiger partial charge < -0.3 is 15.6 Å². The fraction of sp³-hybridized carbons (Fsp3) is 0.462. The molecule has 21 heavy (non-hydrogen) atoms. The Morgan fingerprint density at radius 3 is 2.86 bits per heavy atom. The van der Waals surface area contributed by atoms with Gasteiger partial charge in [0.1, 0.15) is 10.6 Å². The molecule has 1 aliphatic rings. The molecular weight excluding hydrogens is 292 g/mol.